The smallest absolute Gasteiger partial charge is 0.147 e. The van der Waals surface area contributed by atoms with Crippen LogP contribution in [0.15, 0.2) is 12.4 Å². The highest BCUT2D eigenvalue weighted by molar-refractivity contribution is 5.36. The van der Waals surface area contributed by atoms with Crippen molar-refractivity contribution in [3.8, 4) is 0 Å². The normalized spacial score (nSPS) is 15.6. The highest BCUT2D eigenvalue weighted by Crippen LogP contribution is 2.28. The molecule has 19 heavy (non-hydrogen) atoms. The molecule has 0 unspecified atom stereocenters. The van der Waals surface area contributed by atoms with E-state index < -0.39 is 0 Å². The summed E-state index contributed by atoms with van der Waals surface area (Å²) in [7, 11) is 0. The minimum absolute atomic E-state index is 0.475. The first-order chi connectivity index (χ1) is 9.19. The lowest BCUT2D eigenvalue weighted by molar-refractivity contribution is 0.318. The van der Waals surface area contributed by atoms with Crippen molar-refractivity contribution in [3.05, 3.63) is 18.1 Å². The van der Waals surface area contributed by atoms with Gasteiger partial charge in [-0.25, -0.2) is 4.98 Å². The Bertz CT molecular complexity index is 387. The van der Waals surface area contributed by atoms with E-state index in [-0.39, 0.29) is 0 Å². The van der Waals surface area contributed by atoms with Crippen LogP contribution in [0.1, 0.15) is 45.7 Å². The van der Waals surface area contributed by atoms with Crippen LogP contribution >= 0.6 is 0 Å². The van der Waals surface area contributed by atoms with Crippen molar-refractivity contribution in [1.82, 2.24) is 15.3 Å². The van der Waals surface area contributed by atoms with Gasteiger partial charge < -0.3 is 10.2 Å². The molecule has 0 bridgehead atoms. The van der Waals surface area contributed by atoms with Gasteiger partial charge in [-0.1, -0.05) is 20.3 Å². The van der Waals surface area contributed by atoms with Gasteiger partial charge in [-0.15, -0.1) is 0 Å². The van der Waals surface area contributed by atoms with Crippen molar-refractivity contribution in [1.29, 1.82) is 0 Å². The molecule has 0 aromatic carbocycles. The summed E-state index contributed by atoms with van der Waals surface area (Å²) in [6.45, 7) is 9.41. The molecule has 1 aliphatic carbocycles. The summed E-state index contributed by atoms with van der Waals surface area (Å²) in [6.07, 6.45) is 7.89. The van der Waals surface area contributed by atoms with Gasteiger partial charge in [-0.05, 0) is 25.7 Å². The number of rotatable bonds is 7. The average molecular weight is 262 g/mol. The SMILES string of the molecule is CCN(CC1CCC1)c1cncc(CNC(C)C)n1. The molecule has 1 aliphatic rings. The molecule has 1 N–H and O–H groups in total. The van der Waals surface area contributed by atoms with Crippen molar-refractivity contribution >= 4 is 5.82 Å². The number of hydrogen-bond acceptors (Lipinski definition) is 4. The Morgan fingerprint density at radius 1 is 1.37 bits per heavy atom. The minimum Gasteiger partial charge on any atom is -0.355 e. The first kappa shape index (κ1) is 14.3. The van der Waals surface area contributed by atoms with E-state index in [0.29, 0.717) is 6.04 Å². The summed E-state index contributed by atoms with van der Waals surface area (Å²) in [4.78, 5) is 11.4. The Morgan fingerprint density at radius 2 is 2.16 bits per heavy atom. The van der Waals surface area contributed by atoms with E-state index in [9.17, 15) is 0 Å². The molecule has 1 aromatic heterocycles. The zero-order valence-electron chi connectivity index (χ0n) is 12.4. The van der Waals surface area contributed by atoms with E-state index in [1.165, 1.54) is 19.3 Å². The Labute approximate surface area is 116 Å². The molecule has 1 aromatic rings. The van der Waals surface area contributed by atoms with Gasteiger partial charge in [0, 0.05) is 31.9 Å². The van der Waals surface area contributed by atoms with Crippen LogP contribution in [0.3, 0.4) is 0 Å². The van der Waals surface area contributed by atoms with E-state index >= 15 is 0 Å². The van der Waals surface area contributed by atoms with Crippen molar-refractivity contribution in [2.75, 3.05) is 18.0 Å². The van der Waals surface area contributed by atoms with E-state index in [1.54, 1.807) is 0 Å². The first-order valence-electron chi connectivity index (χ1n) is 7.48. The monoisotopic (exact) mass is 262 g/mol. The fourth-order valence-corrected chi connectivity index (χ4v) is 2.31. The third-order valence-electron chi connectivity index (χ3n) is 3.77. The lowest BCUT2D eigenvalue weighted by atomic mass is 9.85. The molecule has 0 spiro atoms. The van der Waals surface area contributed by atoms with Crippen molar-refractivity contribution in [3.63, 3.8) is 0 Å². The van der Waals surface area contributed by atoms with E-state index in [0.717, 1.165) is 37.1 Å². The number of aromatic nitrogens is 2. The van der Waals surface area contributed by atoms with Crippen molar-refractivity contribution < 1.29 is 0 Å². The lowest BCUT2D eigenvalue weighted by Gasteiger charge is -2.32. The summed E-state index contributed by atoms with van der Waals surface area (Å²) in [5.41, 5.74) is 1.03. The number of nitrogens with zero attached hydrogens (tertiary/aromatic N) is 3. The van der Waals surface area contributed by atoms with Gasteiger partial charge in [0.15, 0.2) is 0 Å². The Morgan fingerprint density at radius 3 is 2.74 bits per heavy atom. The fourth-order valence-electron chi connectivity index (χ4n) is 2.31. The van der Waals surface area contributed by atoms with Gasteiger partial charge in [0.2, 0.25) is 0 Å². The van der Waals surface area contributed by atoms with Crippen LogP contribution in [0, 0.1) is 5.92 Å². The summed E-state index contributed by atoms with van der Waals surface area (Å²) in [6, 6.07) is 0.475. The first-order valence-corrected chi connectivity index (χ1v) is 7.48. The maximum absolute atomic E-state index is 4.73. The predicted octanol–water partition coefficient (Wildman–Crippen LogP) is 2.60. The predicted molar refractivity (Wildman–Crippen MR) is 79.2 cm³/mol. The quantitative estimate of drug-likeness (QED) is 0.820. The molecule has 0 atom stereocenters. The van der Waals surface area contributed by atoms with Gasteiger partial charge in [0.25, 0.3) is 0 Å². The van der Waals surface area contributed by atoms with Crippen LogP contribution in [-0.2, 0) is 6.54 Å². The van der Waals surface area contributed by atoms with E-state index in [2.05, 4.69) is 36.0 Å². The van der Waals surface area contributed by atoms with Gasteiger partial charge >= 0.3 is 0 Å². The average Bonchev–Trinajstić information content (AvgIpc) is 2.36. The van der Waals surface area contributed by atoms with Gasteiger partial charge in [0.1, 0.15) is 5.82 Å². The number of anilines is 1. The second-order valence-electron chi connectivity index (χ2n) is 5.74. The van der Waals surface area contributed by atoms with Gasteiger partial charge in [0.05, 0.1) is 11.9 Å². The molecule has 1 fully saturated rings. The minimum atomic E-state index is 0.475. The molecule has 0 radical (unpaired) electrons. The summed E-state index contributed by atoms with van der Waals surface area (Å²) < 4.78 is 0. The fraction of sp³-hybridized carbons (Fsp3) is 0.733. The Kier molecular flexibility index (Phi) is 5.14. The maximum Gasteiger partial charge on any atom is 0.147 e. The third-order valence-corrected chi connectivity index (χ3v) is 3.77. The van der Waals surface area contributed by atoms with Gasteiger partial charge in [-0.2, -0.15) is 0 Å². The summed E-state index contributed by atoms with van der Waals surface area (Å²) in [5, 5.41) is 3.39. The topological polar surface area (TPSA) is 41.1 Å². The van der Waals surface area contributed by atoms with Crippen LogP contribution in [0.4, 0.5) is 5.82 Å². The zero-order valence-corrected chi connectivity index (χ0v) is 12.4. The second kappa shape index (κ2) is 6.85. The van der Waals surface area contributed by atoms with Crippen LogP contribution in [0.2, 0.25) is 0 Å². The largest absolute Gasteiger partial charge is 0.355 e. The van der Waals surface area contributed by atoms with E-state index in [1.807, 2.05) is 12.4 Å². The molecule has 0 aliphatic heterocycles. The molecule has 106 valence electrons. The molecular weight excluding hydrogens is 236 g/mol. The summed E-state index contributed by atoms with van der Waals surface area (Å²) >= 11 is 0. The van der Waals surface area contributed by atoms with Crippen LogP contribution < -0.4 is 10.2 Å². The molecule has 1 saturated carbocycles. The molecule has 0 amide bonds. The molecule has 2 rings (SSSR count). The van der Waals surface area contributed by atoms with Crippen molar-refractivity contribution in [2.45, 2.75) is 52.6 Å². The highest BCUT2D eigenvalue weighted by Gasteiger charge is 2.21. The number of nitrogens with one attached hydrogen (secondary N) is 1. The van der Waals surface area contributed by atoms with Gasteiger partial charge in [-0.3, -0.25) is 4.98 Å². The van der Waals surface area contributed by atoms with Crippen LogP contribution in [0.5, 0.6) is 0 Å². The third kappa shape index (κ3) is 4.16. The second-order valence-corrected chi connectivity index (χ2v) is 5.74. The number of hydrogen-bond donors (Lipinski definition) is 1. The van der Waals surface area contributed by atoms with Crippen LogP contribution in [0.25, 0.3) is 0 Å². The molecule has 0 saturated heterocycles. The Balaban J connectivity index is 1.98. The maximum atomic E-state index is 4.73. The zero-order chi connectivity index (χ0) is 13.7. The van der Waals surface area contributed by atoms with Crippen molar-refractivity contribution in [2.24, 2.45) is 5.92 Å². The summed E-state index contributed by atoms with van der Waals surface area (Å²) in [5.74, 6) is 1.89. The standard InChI is InChI=1S/C15H26N4/c1-4-19(11-13-6-5-7-13)15-10-16-8-14(18-15)9-17-12(2)3/h8,10,12-13,17H,4-7,9,11H2,1-3H3. The lowest BCUT2D eigenvalue weighted by Crippen LogP contribution is -2.33. The van der Waals surface area contributed by atoms with E-state index in [4.69, 9.17) is 4.98 Å². The molecule has 4 heteroatoms. The molecule has 4 nitrogen and oxygen atoms in total. The molecular formula is C15H26N4. The molecule has 1 heterocycles. The Hall–Kier alpha value is -1.16. The highest BCUT2D eigenvalue weighted by atomic mass is 15.2. The van der Waals surface area contributed by atoms with Crippen LogP contribution in [-0.4, -0.2) is 29.1 Å².